The average molecular weight is 196 g/mol. The Morgan fingerprint density at radius 3 is 2.86 bits per heavy atom. The third-order valence-electron chi connectivity index (χ3n) is 3.59. The second-order valence-corrected chi connectivity index (χ2v) is 4.85. The molecule has 0 aromatic rings. The van der Waals surface area contributed by atoms with Gasteiger partial charge in [0.2, 0.25) is 5.91 Å². The van der Waals surface area contributed by atoms with Crippen LogP contribution in [0.5, 0.6) is 0 Å². The zero-order chi connectivity index (χ0) is 10.1. The molecule has 1 heterocycles. The highest BCUT2D eigenvalue weighted by atomic mass is 16.2. The predicted molar refractivity (Wildman–Crippen MR) is 55.6 cm³/mol. The first kappa shape index (κ1) is 9.97. The van der Waals surface area contributed by atoms with Gasteiger partial charge in [-0.1, -0.05) is 6.92 Å². The fourth-order valence-corrected chi connectivity index (χ4v) is 2.36. The molecule has 3 heteroatoms. The van der Waals surface area contributed by atoms with Crippen LogP contribution in [0.2, 0.25) is 0 Å². The number of rotatable bonds is 2. The van der Waals surface area contributed by atoms with E-state index in [2.05, 4.69) is 6.92 Å². The molecule has 3 unspecified atom stereocenters. The van der Waals surface area contributed by atoms with Crippen LogP contribution in [0.3, 0.4) is 0 Å². The van der Waals surface area contributed by atoms with Crippen molar-refractivity contribution in [2.24, 2.45) is 23.5 Å². The largest absolute Gasteiger partial charge is 0.342 e. The summed E-state index contributed by atoms with van der Waals surface area (Å²) in [5.74, 6) is 1.89. The van der Waals surface area contributed by atoms with Crippen LogP contribution in [0.25, 0.3) is 0 Å². The molecule has 2 aliphatic rings. The summed E-state index contributed by atoms with van der Waals surface area (Å²) in [6.45, 7) is 4.74. The van der Waals surface area contributed by atoms with Gasteiger partial charge in [-0.2, -0.15) is 0 Å². The van der Waals surface area contributed by atoms with E-state index in [1.54, 1.807) is 0 Å². The maximum absolute atomic E-state index is 11.9. The molecule has 80 valence electrons. The topological polar surface area (TPSA) is 46.3 Å². The van der Waals surface area contributed by atoms with Crippen LogP contribution in [0, 0.1) is 17.8 Å². The van der Waals surface area contributed by atoms with Crippen molar-refractivity contribution in [3.8, 4) is 0 Å². The van der Waals surface area contributed by atoms with Gasteiger partial charge < -0.3 is 10.6 Å². The smallest absolute Gasteiger partial charge is 0.225 e. The number of amides is 1. The number of hydrogen-bond donors (Lipinski definition) is 1. The molecule has 1 saturated carbocycles. The summed E-state index contributed by atoms with van der Waals surface area (Å²) in [6.07, 6.45) is 3.43. The third-order valence-corrected chi connectivity index (χ3v) is 3.59. The summed E-state index contributed by atoms with van der Waals surface area (Å²) < 4.78 is 0. The lowest BCUT2D eigenvalue weighted by atomic mass is 9.98. The van der Waals surface area contributed by atoms with Gasteiger partial charge in [-0.3, -0.25) is 4.79 Å². The number of carbonyl (C=O) groups is 1. The SMILES string of the molecule is CC1CC1C(=O)N1CCCC(CN)C1. The van der Waals surface area contributed by atoms with Gasteiger partial charge in [0.05, 0.1) is 0 Å². The summed E-state index contributed by atoms with van der Waals surface area (Å²) in [7, 11) is 0. The van der Waals surface area contributed by atoms with Crippen LogP contribution >= 0.6 is 0 Å². The molecule has 2 N–H and O–H groups in total. The first-order chi connectivity index (χ1) is 6.72. The van der Waals surface area contributed by atoms with Crippen LogP contribution in [-0.2, 0) is 4.79 Å². The van der Waals surface area contributed by atoms with E-state index >= 15 is 0 Å². The first-order valence-corrected chi connectivity index (χ1v) is 5.71. The molecule has 0 aromatic carbocycles. The van der Waals surface area contributed by atoms with Gasteiger partial charge in [-0.25, -0.2) is 0 Å². The molecule has 1 saturated heterocycles. The molecule has 1 aliphatic carbocycles. The standard InChI is InChI=1S/C11H20N2O/c1-8-5-10(8)11(14)13-4-2-3-9(6-12)7-13/h8-10H,2-7,12H2,1H3. The Bertz CT molecular complexity index is 229. The van der Waals surface area contributed by atoms with E-state index in [1.165, 1.54) is 6.42 Å². The van der Waals surface area contributed by atoms with Crippen LogP contribution in [0.4, 0.5) is 0 Å². The van der Waals surface area contributed by atoms with Gasteiger partial charge in [0.1, 0.15) is 0 Å². The van der Waals surface area contributed by atoms with Crippen LogP contribution in [-0.4, -0.2) is 30.4 Å². The fourth-order valence-electron chi connectivity index (χ4n) is 2.36. The van der Waals surface area contributed by atoms with E-state index in [0.717, 1.165) is 32.5 Å². The van der Waals surface area contributed by atoms with Crippen molar-refractivity contribution in [3.05, 3.63) is 0 Å². The Morgan fingerprint density at radius 1 is 1.57 bits per heavy atom. The number of likely N-dealkylation sites (tertiary alicyclic amines) is 1. The lowest BCUT2D eigenvalue weighted by molar-refractivity contribution is -0.134. The van der Waals surface area contributed by atoms with E-state index in [1.807, 2.05) is 4.90 Å². The minimum atomic E-state index is 0.339. The minimum absolute atomic E-state index is 0.339. The van der Waals surface area contributed by atoms with Crippen LogP contribution in [0.1, 0.15) is 26.2 Å². The van der Waals surface area contributed by atoms with Gasteiger partial charge in [0, 0.05) is 19.0 Å². The fraction of sp³-hybridized carbons (Fsp3) is 0.909. The summed E-state index contributed by atoms with van der Waals surface area (Å²) in [5, 5.41) is 0. The summed E-state index contributed by atoms with van der Waals surface area (Å²) in [4.78, 5) is 14.0. The zero-order valence-electron chi connectivity index (χ0n) is 8.91. The molecule has 3 atom stereocenters. The van der Waals surface area contributed by atoms with Crippen molar-refractivity contribution < 1.29 is 4.79 Å². The van der Waals surface area contributed by atoms with Crippen molar-refractivity contribution in [1.82, 2.24) is 4.90 Å². The second-order valence-electron chi connectivity index (χ2n) is 4.85. The number of nitrogens with zero attached hydrogens (tertiary/aromatic N) is 1. The van der Waals surface area contributed by atoms with E-state index < -0.39 is 0 Å². The molecule has 1 amide bonds. The molecule has 14 heavy (non-hydrogen) atoms. The summed E-state index contributed by atoms with van der Waals surface area (Å²) >= 11 is 0. The highest BCUT2D eigenvalue weighted by Gasteiger charge is 2.42. The second kappa shape index (κ2) is 3.89. The average Bonchev–Trinajstić information content (AvgIpc) is 2.94. The van der Waals surface area contributed by atoms with Gasteiger partial charge >= 0.3 is 0 Å². The minimum Gasteiger partial charge on any atom is -0.342 e. The van der Waals surface area contributed by atoms with Crippen molar-refractivity contribution in [1.29, 1.82) is 0 Å². The third kappa shape index (κ3) is 1.92. The van der Waals surface area contributed by atoms with E-state index in [9.17, 15) is 4.79 Å². The molecule has 0 aromatic heterocycles. The molecule has 3 nitrogen and oxygen atoms in total. The zero-order valence-corrected chi connectivity index (χ0v) is 8.91. The molecule has 0 radical (unpaired) electrons. The number of piperidine rings is 1. The quantitative estimate of drug-likeness (QED) is 0.711. The lowest BCUT2D eigenvalue weighted by Gasteiger charge is -2.32. The van der Waals surface area contributed by atoms with Crippen LogP contribution in [0.15, 0.2) is 0 Å². The van der Waals surface area contributed by atoms with Gasteiger partial charge in [-0.05, 0) is 37.6 Å². The number of hydrogen-bond acceptors (Lipinski definition) is 2. The highest BCUT2D eigenvalue weighted by Crippen LogP contribution is 2.39. The Morgan fingerprint density at radius 2 is 2.29 bits per heavy atom. The lowest BCUT2D eigenvalue weighted by Crippen LogP contribution is -2.42. The number of nitrogens with two attached hydrogens (primary N) is 1. The van der Waals surface area contributed by atoms with Crippen molar-refractivity contribution >= 4 is 5.91 Å². The highest BCUT2D eigenvalue weighted by molar-refractivity contribution is 5.81. The Balaban J connectivity index is 1.87. The molecule has 1 aliphatic heterocycles. The van der Waals surface area contributed by atoms with Gasteiger partial charge in [-0.15, -0.1) is 0 Å². The molecule has 2 rings (SSSR count). The maximum atomic E-state index is 11.9. The Labute approximate surface area is 85.6 Å². The summed E-state index contributed by atoms with van der Waals surface area (Å²) in [5.41, 5.74) is 5.65. The molecule has 0 spiro atoms. The van der Waals surface area contributed by atoms with E-state index in [4.69, 9.17) is 5.73 Å². The van der Waals surface area contributed by atoms with Gasteiger partial charge in [0.25, 0.3) is 0 Å². The Kier molecular flexibility index (Phi) is 2.77. The van der Waals surface area contributed by atoms with Crippen molar-refractivity contribution in [3.63, 3.8) is 0 Å². The van der Waals surface area contributed by atoms with Gasteiger partial charge in [0.15, 0.2) is 0 Å². The molecular formula is C11H20N2O. The van der Waals surface area contributed by atoms with Crippen LogP contribution < -0.4 is 5.73 Å². The monoisotopic (exact) mass is 196 g/mol. The molecular weight excluding hydrogens is 176 g/mol. The predicted octanol–water partition coefficient (Wildman–Crippen LogP) is 0.840. The van der Waals surface area contributed by atoms with E-state index in [0.29, 0.717) is 23.7 Å². The number of carbonyl (C=O) groups excluding carboxylic acids is 1. The molecule has 0 bridgehead atoms. The Hall–Kier alpha value is -0.570. The van der Waals surface area contributed by atoms with Crippen molar-refractivity contribution in [2.45, 2.75) is 26.2 Å². The van der Waals surface area contributed by atoms with E-state index in [-0.39, 0.29) is 0 Å². The molecule has 2 fully saturated rings. The van der Waals surface area contributed by atoms with Crippen molar-refractivity contribution in [2.75, 3.05) is 19.6 Å². The maximum Gasteiger partial charge on any atom is 0.225 e. The normalized spacial score (nSPS) is 37.0. The summed E-state index contributed by atoms with van der Waals surface area (Å²) in [6, 6.07) is 0. The first-order valence-electron chi connectivity index (χ1n) is 5.71.